The van der Waals surface area contributed by atoms with E-state index in [2.05, 4.69) is 21.9 Å². The van der Waals surface area contributed by atoms with Crippen LogP contribution in [0.1, 0.15) is 24.5 Å². The molecular formula is C9H15N3. The van der Waals surface area contributed by atoms with Gasteiger partial charge in [0, 0.05) is 18.7 Å². The van der Waals surface area contributed by atoms with Gasteiger partial charge in [-0.1, -0.05) is 0 Å². The van der Waals surface area contributed by atoms with Crippen molar-refractivity contribution in [1.82, 2.24) is 14.9 Å². The Morgan fingerprint density at radius 1 is 1.67 bits per heavy atom. The third kappa shape index (κ3) is 1.50. The minimum absolute atomic E-state index is 0.648. The van der Waals surface area contributed by atoms with Gasteiger partial charge in [0.05, 0.1) is 12.0 Å². The molecule has 1 N–H and O–H groups in total. The molecule has 1 saturated heterocycles. The van der Waals surface area contributed by atoms with Crippen molar-refractivity contribution >= 4 is 0 Å². The summed E-state index contributed by atoms with van der Waals surface area (Å²) >= 11 is 0. The maximum absolute atomic E-state index is 4.29. The number of hydrogen-bond acceptors (Lipinski definition) is 2. The first-order chi connectivity index (χ1) is 5.86. The average Bonchev–Trinajstić information content (AvgIpc) is 2.56. The number of aromatic nitrogens is 2. The molecule has 3 nitrogen and oxygen atoms in total. The van der Waals surface area contributed by atoms with Crippen LogP contribution in [-0.4, -0.2) is 35.0 Å². The molecule has 2 rings (SSSR count). The Morgan fingerprint density at radius 2 is 2.58 bits per heavy atom. The highest BCUT2D eigenvalue weighted by Crippen LogP contribution is 2.23. The zero-order valence-corrected chi connectivity index (χ0v) is 7.45. The lowest BCUT2D eigenvalue weighted by atomic mass is 9.96. The van der Waals surface area contributed by atoms with Crippen LogP contribution < -0.4 is 0 Å². The maximum atomic E-state index is 4.29. The number of likely N-dealkylation sites (N-methyl/N-ethyl adjacent to an activating group) is 1. The van der Waals surface area contributed by atoms with Crippen LogP contribution in [-0.2, 0) is 0 Å². The number of likely N-dealkylation sites (tertiary alicyclic amines) is 1. The highest BCUT2D eigenvalue weighted by atomic mass is 15.1. The summed E-state index contributed by atoms with van der Waals surface area (Å²) in [5.74, 6) is 0.648. The zero-order valence-electron chi connectivity index (χ0n) is 7.45. The summed E-state index contributed by atoms with van der Waals surface area (Å²) in [5, 5.41) is 0. The minimum Gasteiger partial charge on any atom is -0.351 e. The van der Waals surface area contributed by atoms with Gasteiger partial charge >= 0.3 is 0 Å². The van der Waals surface area contributed by atoms with Crippen LogP contribution in [0.25, 0.3) is 0 Å². The monoisotopic (exact) mass is 165 g/mol. The quantitative estimate of drug-likeness (QED) is 0.678. The predicted octanol–water partition coefficient (Wildman–Crippen LogP) is 1.22. The van der Waals surface area contributed by atoms with E-state index in [0.29, 0.717) is 5.92 Å². The summed E-state index contributed by atoms with van der Waals surface area (Å²) in [5.41, 5.74) is 1.22. The van der Waals surface area contributed by atoms with Crippen molar-refractivity contribution in [2.45, 2.75) is 18.8 Å². The molecule has 1 aliphatic heterocycles. The molecule has 12 heavy (non-hydrogen) atoms. The van der Waals surface area contributed by atoms with Crippen molar-refractivity contribution in [3.8, 4) is 0 Å². The van der Waals surface area contributed by atoms with E-state index in [4.69, 9.17) is 0 Å². The van der Waals surface area contributed by atoms with Crippen molar-refractivity contribution < 1.29 is 0 Å². The first-order valence-corrected chi connectivity index (χ1v) is 4.53. The van der Waals surface area contributed by atoms with Gasteiger partial charge in [0.1, 0.15) is 0 Å². The van der Waals surface area contributed by atoms with Gasteiger partial charge in [-0.3, -0.25) is 0 Å². The highest BCUT2D eigenvalue weighted by Gasteiger charge is 2.19. The standard InChI is InChI=1S/C9H15N3/c1-12-4-2-3-8(6-12)9-5-10-7-11-9/h5,7-8H,2-4,6H2,1H3,(H,10,11)/t8-/m0/s1. The molecule has 66 valence electrons. The predicted molar refractivity (Wildman–Crippen MR) is 48.1 cm³/mol. The Balaban J connectivity index is 2.04. The van der Waals surface area contributed by atoms with Crippen LogP contribution in [0.4, 0.5) is 0 Å². The van der Waals surface area contributed by atoms with Crippen LogP contribution in [0.15, 0.2) is 12.5 Å². The van der Waals surface area contributed by atoms with Crippen molar-refractivity contribution in [2.75, 3.05) is 20.1 Å². The SMILES string of the molecule is CN1CCC[C@H](c2c[nH]cn2)C1. The van der Waals surface area contributed by atoms with Crippen molar-refractivity contribution in [3.63, 3.8) is 0 Å². The topological polar surface area (TPSA) is 31.9 Å². The van der Waals surface area contributed by atoms with Gasteiger partial charge in [-0.2, -0.15) is 0 Å². The normalized spacial score (nSPS) is 25.9. The number of aromatic amines is 1. The minimum atomic E-state index is 0.648. The molecule has 0 unspecified atom stereocenters. The average molecular weight is 165 g/mol. The van der Waals surface area contributed by atoms with Crippen molar-refractivity contribution in [3.05, 3.63) is 18.2 Å². The van der Waals surface area contributed by atoms with Crippen LogP contribution in [0, 0.1) is 0 Å². The fourth-order valence-corrected chi connectivity index (χ4v) is 1.90. The molecular weight excluding hydrogens is 150 g/mol. The lowest BCUT2D eigenvalue weighted by Crippen LogP contribution is -2.30. The van der Waals surface area contributed by atoms with Crippen molar-refractivity contribution in [2.24, 2.45) is 0 Å². The van der Waals surface area contributed by atoms with Crippen molar-refractivity contribution in [1.29, 1.82) is 0 Å². The Bertz CT molecular complexity index is 230. The van der Waals surface area contributed by atoms with Gasteiger partial charge in [-0.05, 0) is 26.4 Å². The highest BCUT2D eigenvalue weighted by molar-refractivity contribution is 5.05. The number of hydrogen-bond donors (Lipinski definition) is 1. The number of imidazole rings is 1. The van der Waals surface area contributed by atoms with Gasteiger partial charge < -0.3 is 9.88 Å². The molecule has 1 fully saturated rings. The molecule has 0 amide bonds. The number of nitrogens with one attached hydrogen (secondary N) is 1. The summed E-state index contributed by atoms with van der Waals surface area (Å²) in [7, 11) is 2.18. The molecule has 0 radical (unpaired) electrons. The lowest BCUT2D eigenvalue weighted by Gasteiger charge is -2.28. The Hall–Kier alpha value is -0.830. The Morgan fingerprint density at radius 3 is 3.25 bits per heavy atom. The summed E-state index contributed by atoms with van der Waals surface area (Å²) in [6, 6.07) is 0. The van der Waals surface area contributed by atoms with E-state index in [1.807, 2.05) is 6.20 Å². The lowest BCUT2D eigenvalue weighted by molar-refractivity contribution is 0.249. The van der Waals surface area contributed by atoms with E-state index in [0.717, 1.165) is 6.54 Å². The fourth-order valence-electron chi connectivity index (χ4n) is 1.90. The van der Waals surface area contributed by atoms with Crippen LogP contribution >= 0.6 is 0 Å². The van der Waals surface area contributed by atoms with E-state index in [9.17, 15) is 0 Å². The summed E-state index contributed by atoms with van der Waals surface area (Å²) in [4.78, 5) is 9.68. The second-order valence-electron chi connectivity index (χ2n) is 3.60. The van der Waals surface area contributed by atoms with E-state index >= 15 is 0 Å². The molecule has 0 saturated carbocycles. The molecule has 1 atom stereocenters. The molecule has 1 aromatic rings. The van der Waals surface area contributed by atoms with E-state index < -0.39 is 0 Å². The van der Waals surface area contributed by atoms with Gasteiger partial charge in [-0.15, -0.1) is 0 Å². The largest absolute Gasteiger partial charge is 0.351 e. The maximum Gasteiger partial charge on any atom is 0.0923 e. The Kier molecular flexibility index (Phi) is 2.13. The summed E-state index contributed by atoms with van der Waals surface area (Å²) in [6.45, 7) is 2.39. The molecule has 0 bridgehead atoms. The van der Waals surface area contributed by atoms with Gasteiger partial charge in [0.25, 0.3) is 0 Å². The summed E-state index contributed by atoms with van der Waals surface area (Å²) < 4.78 is 0. The number of rotatable bonds is 1. The molecule has 0 spiro atoms. The van der Waals surface area contributed by atoms with E-state index in [-0.39, 0.29) is 0 Å². The van der Waals surface area contributed by atoms with Crippen LogP contribution in [0.5, 0.6) is 0 Å². The van der Waals surface area contributed by atoms with Gasteiger partial charge in [0.15, 0.2) is 0 Å². The second kappa shape index (κ2) is 3.27. The molecule has 1 aromatic heterocycles. The Labute approximate surface area is 72.8 Å². The van der Waals surface area contributed by atoms with E-state index in [1.165, 1.54) is 25.1 Å². The molecule has 2 heterocycles. The molecule has 1 aliphatic rings. The molecule has 0 aromatic carbocycles. The van der Waals surface area contributed by atoms with Crippen LogP contribution in [0.2, 0.25) is 0 Å². The number of nitrogens with zero attached hydrogens (tertiary/aromatic N) is 2. The molecule has 0 aliphatic carbocycles. The number of piperidine rings is 1. The number of H-pyrrole nitrogens is 1. The third-order valence-electron chi connectivity index (χ3n) is 2.56. The van der Waals surface area contributed by atoms with Gasteiger partial charge in [0.2, 0.25) is 0 Å². The first kappa shape index (κ1) is 7.80. The second-order valence-corrected chi connectivity index (χ2v) is 3.60. The zero-order chi connectivity index (χ0) is 8.39. The fraction of sp³-hybridized carbons (Fsp3) is 0.667. The smallest absolute Gasteiger partial charge is 0.0923 e. The third-order valence-corrected chi connectivity index (χ3v) is 2.56. The first-order valence-electron chi connectivity index (χ1n) is 4.53. The molecule has 3 heteroatoms. The van der Waals surface area contributed by atoms with Crippen LogP contribution in [0.3, 0.4) is 0 Å². The van der Waals surface area contributed by atoms with Gasteiger partial charge in [-0.25, -0.2) is 4.98 Å². The van der Waals surface area contributed by atoms with E-state index in [1.54, 1.807) is 6.33 Å². The summed E-state index contributed by atoms with van der Waals surface area (Å²) in [6.07, 6.45) is 6.37.